The molecule has 1 aliphatic heterocycles. The lowest BCUT2D eigenvalue weighted by atomic mass is 10.0. The van der Waals surface area contributed by atoms with Crippen molar-refractivity contribution in [2.75, 3.05) is 24.7 Å². The minimum atomic E-state index is -2.95. The number of hydrogen-bond donors (Lipinski definition) is 1. The first kappa shape index (κ1) is 19.6. The maximum atomic E-state index is 12.2. The van der Waals surface area contributed by atoms with E-state index in [-0.39, 0.29) is 35.8 Å². The number of carbonyl (C=O) groups is 1. The summed E-state index contributed by atoms with van der Waals surface area (Å²) >= 11 is 0. The van der Waals surface area contributed by atoms with Crippen LogP contribution in [-0.2, 0) is 14.6 Å². The van der Waals surface area contributed by atoms with Crippen LogP contribution in [0.25, 0.3) is 0 Å². The van der Waals surface area contributed by atoms with Crippen LogP contribution in [0.3, 0.4) is 0 Å². The number of ether oxygens (including phenoxy) is 2. The highest BCUT2D eigenvalue weighted by Crippen LogP contribution is 2.31. The summed E-state index contributed by atoms with van der Waals surface area (Å²) in [5, 5.41) is 2.94. The Hall–Kier alpha value is -1.76. The van der Waals surface area contributed by atoms with Crippen LogP contribution in [0.1, 0.15) is 45.2 Å². The third-order valence-corrected chi connectivity index (χ3v) is 6.08. The second-order valence-corrected chi connectivity index (χ2v) is 8.56. The zero-order valence-corrected chi connectivity index (χ0v) is 15.9. The quantitative estimate of drug-likeness (QED) is 0.761. The molecule has 25 heavy (non-hydrogen) atoms. The number of rotatable bonds is 8. The standard InChI is InChI=1S/C18H27NO5S/c1-4-23-16-7-6-15(11-17(16)24-5-2)13(3)19-18(20)10-14-8-9-25(21,22)12-14/h6-7,11,13-14H,4-5,8-10,12H2,1-3H3,(H,19,20)/t13-,14-/m1/s1. The van der Waals surface area contributed by atoms with E-state index in [0.717, 1.165) is 5.56 Å². The van der Waals surface area contributed by atoms with Crippen LogP contribution in [0, 0.1) is 5.92 Å². The number of sulfone groups is 1. The van der Waals surface area contributed by atoms with Crippen molar-refractivity contribution in [1.82, 2.24) is 5.32 Å². The second kappa shape index (κ2) is 8.56. The zero-order chi connectivity index (χ0) is 18.4. The molecule has 0 aromatic heterocycles. The summed E-state index contributed by atoms with van der Waals surface area (Å²) in [5.74, 6) is 1.45. The van der Waals surface area contributed by atoms with Crippen molar-refractivity contribution in [3.63, 3.8) is 0 Å². The Morgan fingerprint density at radius 2 is 1.92 bits per heavy atom. The summed E-state index contributed by atoms with van der Waals surface area (Å²) in [4.78, 5) is 12.2. The van der Waals surface area contributed by atoms with Gasteiger partial charge in [0.25, 0.3) is 0 Å². The van der Waals surface area contributed by atoms with Gasteiger partial charge in [0.15, 0.2) is 21.3 Å². The van der Waals surface area contributed by atoms with Crippen molar-refractivity contribution in [2.45, 2.75) is 39.7 Å². The summed E-state index contributed by atoms with van der Waals surface area (Å²) in [6.45, 7) is 6.80. The summed E-state index contributed by atoms with van der Waals surface area (Å²) in [6, 6.07) is 5.42. The lowest BCUT2D eigenvalue weighted by Crippen LogP contribution is -2.28. The first-order chi connectivity index (χ1) is 11.8. The van der Waals surface area contributed by atoms with Gasteiger partial charge in [0.05, 0.1) is 30.8 Å². The summed E-state index contributed by atoms with van der Waals surface area (Å²) in [6.07, 6.45) is 0.820. The maximum Gasteiger partial charge on any atom is 0.220 e. The van der Waals surface area contributed by atoms with Crippen LogP contribution in [-0.4, -0.2) is 39.0 Å². The minimum Gasteiger partial charge on any atom is -0.490 e. The van der Waals surface area contributed by atoms with Gasteiger partial charge in [0, 0.05) is 6.42 Å². The van der Waals surface area contributed by atoms with Crippen LogP contribution in [0.2, 0.25) is 0 Å². The van der Waals surface area contributed by atoms with E-state index in [4.69, 9.17) is 9.47 Å². The Morgan fingerprint density at radius 1 is 1.24 bits per heavy atom. The summed E-state index contributed by atoms with van der Waals surface area (Å²) < 4.78 is 34.1. The van der Waals surface area contributed by atoms with Crippen LogP contribution < -0.4 is 14.8 Å². The summed E-state index contributed by atoms with van der Waals surface area (Å²) in [5.41, 5.74) is 0.916. The molecule has 1 amide bonds. The highest BCUT2D eigenvalue weighted by Gasteiger charge is 2.29. The van der Waals surface area contributed by atoms with Crippen molar-refractivity contribution >= 4 is 15.7 Å². The number of carbonyl (C=O) groups excluding carboxylic acids is 1. The molecule has 0 saturated carbocycles. The molecular formula is C18H27NO5S. The molecule has 1 aliphatic rings. The molecular weight excluding hydrogens is 342 g/mol. The molecule has 1 saturated heterocycles. The molecule has 1 aromatic carbocycles. The fourth-order valence-corrected chi connectivity index (χ4v) is 4.88. The van der Waals surface area contributed by atoms with Gasteiger partial charge in [-0.15, -0.1) is 0 Å². The van der Waals surface area contributed by atoms with Gasteiger partial charge in [-0.1, -0.05) is 6.07 Å². The SMILES string of the molecule is CCOc1ccc([C@@H](C)NC(=O)C[C@H]2CCS(=O)(=O)C2)cc1OCC. The molecule has 140 valence electrons. The third kappa shape index (κ3) is 5.63. The normalized spacial score (nSPS) is 20.0. The van der Waals surface area contributed by atoms with Crippen LogP contribution >= 0.6 is 0 Å². The highest BCUT2D eigenvalue weighted by atomic mass is 32.2. The summed E-state index contributed by atoms with van der Waals surface area (Å²) in [7, 11) is -2.95. The van der Waals surface area contributed by atoms with E-state index in [0.29, 0.717) is 31.1 Å². The minimum absolute atomic E-state index is 0.0727. The van der Waals surface area contributed by atoms with Gasteiger partial charge in [0.1, 0.15) is 0 Å². The predicted molar refractivity (Wildman–Crippen MR) is 96.7 cm³/mol. The molecule has 0 bridgehead atoms. The van der Waals surface area contributed by atoms with E-state index < -0.39 is 9.84 Å². The van der Waals surface area contributed by atoms with E-state index in [2.05, 4.69) is 5.32 Å². The number of benzene rings is 1. The lowest BCUT2D eigenvalue weighted by molar-refractivity contribution is -0.122. The van der Waals surface area contributed by atoms with Crippen LogP contribution in [0.15, 0.2) is 18.2 Å². The van der Waals surface area contributed by atoms with E-state index in [1.807, 2.05) is 39.0 Å². The Bertz CT molecular complexity index is 701. The fourth-order valence-electron chi connectivity index (χ4n) is 3.02. The van der Waals surface area contributed by atoms with Crippen molar-refractivity contribution < 1.29 is 22.7 Å². The first-order valence-electron chi connectivity index (χ1n) is 8.74. The number of nitrogens with one attached hydrogen (secondary N) is 1. The lowest BCUT2D eigenvalue weighted by Gasteiger charge is -2.18. The second-order valence-electron chi connectivity index (χ2n) is 6.33. The number of amides is 1. The van der Waals surface area contributed by atoms with Crippen LogP contribution in [0.5, 0.6) is 11.5 Å². The van der Waals surface area contributed by atoms with Crippen LogP contribution in [0.4, 0.5) is 0 Å². The Morgan fingerprint density at radius 3 is 2.52 bits per heavy atom. The third-order valence-electron chi connectivity index (χ3n) is 4.25. The molecule has 0 spiro atoms. The van der Waals surface area contributed by atoms with Crippen molar-refractivity contribution in [1.29, 1.82) is 0 Å². The van der Waals surface area contributed by atoms with Gasteiger partial charge < -0.3 is 14.8 Å². The molecule has 1 N–H and O–H groups in total. The van der Waals surface area contributed by atoms with Crippen molar-refractivity contribution in [3.05, 3.63) is 23.8 Å². The largest absolute Gasteiger partial charge is 0.490 e. The van der Waals surface area contributed by atoms with Crippen molar-refractivity contribution in [3.8, 4) is 11.5 Å². The Kier molecular flexibility index (Phi) is 6.70. The molecule has 1 fully saturated rings. The van der Waals surface area contributed by atoms with Gasteiger partial charge in [-0.2, -0.15) is 0 Å². The van der Waals surface area contributed by atoms with E-state index >= 15 is 0 Å². The molecule has 1 heterocycles. The van der Waals surface area contributed by atoms with Gasteiger partial charge >= 0.3 is 0 Å². The molecule has 0 radical (unpaired) electrons. The molecule has 0 unspecified atom stereocenters. The van der Waals surface area contributed by atoms with Gasteiger partial charge in [0.2, 0.25) is 5.91 Å². The van der Waals surface area contributed by atoms with E-state index in [1.165, 1.54) is 0 Å². The molecule has 1 aromatic rings. The zero-order valence-electron chi connectivity index (χ0n) is 15.1. The molecule has 6 nitrogen and oxygen atoms in total. The highest BCUT2D eigenvalue weighted by molar-refractivity contribution is 7.91. The average molecular weight is 369 g/mol. The van der Waals surface area contributed by atoms with Gasteiger partial charge in [-0.3, -0.25) is 4.79 Å². The van der Waals surface area contributed by atoms with Crippen molar-refractivity contribution in [2.24, 2.45) is 5.92 Å². The van der Waals surface area contributed by atoms with Gasteiger partial charge in [-0.05, 0) is 50.8 Å². The monoisotopic (exact) mass is 369 g/mol. The fraction of sp³-hybridized carbons (Fsp3) is 0.611. The van der Waals surface area contributed by atoms with Gasteiger partial charge in [-0.25, -0.2) is 8.42 Å². The molecule has 7 heteroatoms. The first-order valence-corrected chi connectivity index (χ1v) is 10.6. The predicted octanol–water partition coefficient (Wildman–Crippen LogP) is 2.49. The number of hydrogen-bond acceptors (Lipinski definition) is 5. The molecule has 0 aliphatic carbocycles. The maximum absolute atomic E-state index is 12.2. The average Bonchev–Trinajstić information content (AvgIpc) is 2.87. The van der Waals surface area contributed by atoms with E-state index in [9.17, 15) is 13.2 Å². The topological polar surface area (TPSA) is 81.7 Å². The molecule has 2 atom stereocenters. The smallest absolute Gasteiger partial charge is 0.220 e. The van der Waals surface area contributed by atoms with E-state index in [1.54, 1.807) is 0 Å². The Labute approximate surface area is 149 Å². The molecule has 2 rings (SSSR count). The Balaban J connectivity index is 1.98.